The molecular formula is C22H21BrN4O4. The van der Waals surface area contributed by atoms with Gasteiger partial charge in [-0.05, 0) is 51.5 Å². The fraction of sp³-hybridized carbons (Fsp3) is 0.273. The van der Waals surface area contributed by atoms with Gasteiger partial charge in [-0.15, -0.1) is 0 Å². The smallest absolute Gasteiger partial charge is 0.325 e. The Bertz CT molecular complexity index is 1230. The molecule has 1 saturated heterocycles. The normalized spacial score (nSPS) is 18.5. The summed E-state index contributed by atoms with van der Waals surface area (Å²) in [5.74, 6) is 0.428. The van der Waals surface area contributed by atoms with Crippen LogP contribution in [0, 0.1) is 20.8 Å². The number of aryl methyl sites for hydroxylation is 2. The second-order valence-electron chi connectivity index (χ2n) is 7.80. The molecule has 160 valence electrons. The van der Waals surface area contributed by atoms with Crippen molar-refractivity contribution < 1.29 is 18.9 Å². The number of ketones is 1. The van der Waals surface area contributed by atoms with Crippen molar-refractivity contribution in [1.82, 2.24) is 19.9 Å². The third-order valence-corrected chi connectivity index (χ3v) is 6.05. The zero-order chi connectivity index (χ0) is 22.5. The molecule has 0 saturated carbocycles. The fourth-order valence-electron chi connectivity index (χ4n) is 3.92. The number of rotatable bonds is 5. The van der Waals surface area contributed by atoms with E-state index >= 15 is 0 Å². The average Bonchev–Trinajstić information content (AvgIpc) is 3.33. The van der Waals surface area contributed by atoms with Gasteiger partial charge in [-0.3, -0.25) is 19.1 Å². The third-order valence-electron chi connectivity index (χ3n) is 5.55. The van der Waals surface area contributed by atoms with Gasteiger partial charge in [-0.2, -0.15) is 0 Å². The van der Waals surface area contributed by atoms with Gasteiger partial charge in [0, 0.05) is 27.5 Å². The second-order valence-corrected chi connectivity index (χ2v) is 8.71. The minimum absolute atomic E-state index is 0.332. The van der Waals surface area contributed by atoms with E-state index in [0.717, 1.165) is 15.1 Å². The molecule has 1 N–H and O–H groups in total. The van der Waals surface area contributed by atoms with Crippen molar-refractivity contribution in [2.24, 2.45) is 0 Å². The third kappa shape index (κ3) is 3.48. The number of hydrogen-bond acceptors (Lipinski definition) is 5. The maximum atomic E-state index is 13.1. The summed E-state index contributed by atoms with van der Waals surface area (Å²) in [7, 11) is 0. The number of amides is 3. The summed E-state index contributed by atoms with van der Waals surface area (Å²) >= 11 is 3.39. The summed E-state index contributed by atoms with van der Waals surface area (Å²) in [6.45, 7) is 6.72. The molecule has 0 radical (unpaired) electrons. The highest BCUT2D eigenvalue weighted by molar-refractivity contribution is 9.10. The van der Waals surface area contributed by atoms with Crippen LogP contribution < -0.4 is 5.32 Å². The van der Waals surface area contributed by atoms with E-state index in [0.29, 0.717) is 28.4 Å². The Morgan fingerprint density at radius 1 is 1.19 bits per heavy atom. The van der Waals surface area contributed by atoms with E-state index in [1.54, 1.807) is 55.7 Å². The Balaban J connectivity index is 1.61. The summed E-state index contributed by atoms with van der Waals surface area (Å²) in [5.41, 5.74) is 1.28. The SMILES string of the molecule is Cc1cc(-n2c(C)cc(C(=O)CN3C(=O)N[C@@](C)(c4cccc(Br)c4)C3=O)c2C)no1. The lowest BCUT2D eigenvalue weighted by Crippen LogP contribution is -2.41. The van der Waals surface area contributed by atoms with Crippen molar-refractivity contribution in [3.8, 4) is 5.82 Å². The molecule has 3 amide bonds. The molecule has 3 heterocycles. The van der Waals surface area contributed by atoms with Gasteiger partial charge in [0.1, 0.15) is 11.3 Å². The van der Waals surface area contributed by atoms with Crippen molar-refractivity contribution in [1.29, 1.82) is 0 Å². The molecule has 1 aliphatic rings. The molecule has 0 aliphatic carbocycles. The van der Waals surface area contributed by atoms with Gasteiger partial charge in [0.25, 0.3) is 5.91 Å². The molecule has 4 rings (SSSR count). The lowest BCUT2D eigenvalue weighted by molar-refractivity contribution is -0.130. The van der Waals surface area contributed by atoms with E-state index in [-0.39, 0.29) is 12.3 Å². The molecule has 0 spiro atoms. The zero-order valence-electron chi connectivity index (χ0n) is 17.5. The van der Waals surface area contributed by atoms with Crippen molar-refractivity contribution in [2.45, 2.75) is 33.2 Å². The van der Waals surface area contributed by atoms with E-state index < -0.39 is 17.5 Å². The Hall–Kier alpha value is -3.20. The van der Waals surface area contributed by atoms with E-state index in [9.17, 15) is 14.4 Å². The number of halogens is 1. The van der Waals surface area contributed by atoms with E-state index in [2.05, 4.69) is 26.4 Å². The first-order valence-corrected chi connectivity index (χ1v) is 10.5. The Kier molecular flexibility index (Phi) is 5.09. The standard InChI is InChI=1S/C22H21BrN4O4/c1-12-8-17(14(3)27(12)19-9-13(2)31-25-19)18(28)11-26-20(29)22(4,24-21(26)30)15-6-5-7-16(23)10-15/h5-10H,11H2,1-4H3,(H,24,30)/t22-/m0/s1. The molecule has 9 heteroatoms. The number of carbonyl (C=O) groups is 3. The lowest BCUT2D eigenvalue weighted by atomic mass is 9.92. The fourth-order valence-corrected chi connectivity index (χ4v) is 4.32. The molecular weight excluding hydrogens is 464 g/mol. The molecule has 1 atom stereocenters. The summed E-state index contributed by atoms with van der Waals surface area (Å²) in [4.78, 5) is 39.8. The summed E-state index contributed by atoms with van der Waals surface area (Å²) < 4.78 is 7.74. The van der Waals surface area contributed by atoms with Crippen LogP contribution in [0.15, 0.2) is 45.4 Å². The van der Waals surface area contributed by atoms with Gasteiger partial charge in [-0.1, -0.05) is 33.2 Å². The molecule has 0 unspecified atom stereocenters. The molecule has 0 bridgehead atoms. The minimum atomic E-state index is -1.24. The monoisotopic (exact) mass is 484 g/mol. The lowest BCUT2D eigenvalue weighted by Gasteiger charge is -2.22. The zero-order valence-corrected chi connectivity index (χ0v) is 19.1. The van der Waals surface area contributed by atoms with Crippen LogP contribution in [0.25, 0.3) is 5.82 Å². The van der Waals surface area contributed by atoms with Crippen molar-refractivity contribution >= 4 is 33.7 Å². The number of nitrogens with one attached hydrogen (secondary N) is 1. The quantitative estimate of drug-likeness (QED) is 0.438. The van der Waals surface area contributed by atoms with Gasteiger partial charge in [0.05, 0.1) is 6.54 Å². The number of hydrogen-bond donors (Lipinski definition) is 1. The van der Waals surface area contributed by atoms with Crippen molar-refractivity contribution in [3.63, 3.8) is 0 Å². The maximum Gasteiger partial charge on any atom is 0.325 e. The van der Waals surface area contributed by atoms with Crippen LogP contribution in [-0.4, -0.2) is 38.9 Å². The van der Waals surface area contributed by atoms with E-state index in [4.69, 9.17) is 4.52 Å². The van der Waals surface area contributed by atoms with Crippen LogP contribution in [0.5, 0.6) is 0 Å². The predicted octanol–water partition coefficient (Wildman–Crippen LogP) is 3.80. The molecule has 1 fully saturated rings. The number of imide groups is 1. The van der Waals surface area contributed by atoms with Crippen LogP contribution in [0.3, 0.4) is 0 Å². The molecule has 31 heavy (non-hydrogen) atoms. The highest BCUT2D eigenvalue weighted by Gasteiger charge is 2.49. The van der Waals surface area contributed by atoms with Crippen molar-refractivity contribution in [3.05, 3.63) is 69.1 Å². The molecule has 1 aliphatic heterocycles. The van der Waals surface area contributed by atoms with Gasteiger partial charge >= 0.3 is 6.03 Å². The van der Waals surface area contributed by atoms with Crippen LogP contribution in [0.4, 0.5) is 4.79 Å². The number of carbonyl (C=O) groups excluding carboxylic acids is 3. The minimum Gasteiger partial charge on any atom is -0.360 e. The summed E-state index contributed by atoms with van der Waals surface area (Å²) in [6, 6.07) is 10.1. The van der Waals surface area contributed by atoms with E-state index in [1.165, 1.54) is 0 Å². The van der Waals surface area contributed by atoms with E-state index in [1.807, 2.05) is 13.0 Å². The van der Waals surface area contributed by atoms with Gasteiger partial charge < -0.3 is 9.84 Å². The summed E-state index contributed by atoms with van der Waals surface area (Å²) in [6.07, 6.45) is 0. The number of benzene rings is 1. The Labute approximate surface area is 187 Å². The Morgan fingerprint density at radius 2 is 1.94 bits per heavy atom. The molecule has 2 aromatic heterocycles. The average molecular weight is 485 g/mol. The second kappa shape index (κ2) is 7.49. The first kappa shape index (κ1) is 21.0. The van der Waals surface area contributed by atoms with Gasteiger partial charge in [0.2, 0.25) is 0 Å². The molecule has 8 nitrogen and oxygen atoms in total. The largest absolute Gasteiger partial charge is 0.360 e. The highest BCUT2D eigenvalue weighted by atomic mass is 79.9. The van der Waals surface area contributed by atoms with Crippen LogP contribution >= 0.6 is 15.9 Å². The molecule has 3 aromatic rings. The first-order chi connectivity index (χ1) is 14.6. The highest BCUT2D eigenvalue weighted by Crippen LogP contribution is 2.31. The van der Waals surface area contributed by atoms with Crippen LogP contribution in [0.2, 0.25) is 0 Å². The van der Waals surface area contributed by atoms with Crippen LogP contribution in [-0.2, 0) is 10.3 Å². The first-order valence-electron chi connectivity index (χ1n) is 9.68. The maximum absolute atomic E-state index is 13.1. The Morgan fingerprint density at radius 3 is 2.58 bits per heavy atom. The number of aromatic nitrogens is 2. The van der Waals surface area contributed by atoms with Crippen molar-refractivity contribution in [2.75, 3.05) is 6.54 Å². The predicted molar refractivity (Wildman–Crippen MR) is 116 cm³/mol. The number of Topliss-reactive ketones (excluding diaryl/α,β-unsaturated/α-hetero) is 1. The summed E-state index contributed by atoms with van der Waals surface area (Å²) in [5, 5.41) is 6.74. The topological polar surface area (TPSA) is 97.4 Å². The van der Waals surface area contributed by atoms with Gasteiger partial charge in [0.15, 0.2) is 11.6 Å². The number of urea groups is 1. The number of nitrogens with zero attached hydrogens (tertiary/aromatic N) is 3. The van der Waals surface area contributed by atoms with Gasteiger partial charge in [-0.25, -0.2) is 4.79 Å². The molecule has 1 aromatic carbocycles. The van der Waals surface area contributed by atoms with Crippen LogP contribution in [0.1, 0.15) is 40.0 Å².